The lowest BCUT2D eigenvalue weighted by atomic mass is 9.95. The largest absolute Gasteiger partial charge is 0.480 e. The van der Waals surface area contributed by atoms with Crippen LogP contribution in [0.15, 0.2) is 16.8 Å². The number of carbonyl (C=O) groups is 2. The Balaban J connectivity index is 2.69. The van der Waals surface area contributed by atoms with Crippen molar-refractivity contribution < 1.29 is 14.7 Å². The normalized spacial score (nSPS) is 11.3. The highest BCUT2D eigenvalue weighted by Crippen LogP contribution is 2.16. The number of hydrogen-bond acceptors (Lipinski definition) is 3. The molecular formula is C13H19NO3S. The zero-order chi connectivity index (χ0) is 13.8. The number of amides is 1. The van der Waals surface area contributed by atoms with E-state index in [1.807, 2.05) is 37.6 Å². The zero-order valence-electron chi connectivity index (χ0n) is 11.0. The summed E-state index contributed by atoms with van der Waals surface area (Å²) in [4.78, 5) is 24.3. The summed E-state index contributed by atoms with van der Waals surface area (Å²) in [5.74, 6) is -1.11. The van der Waals surface area contributed by atoms with Gasteiger partial charge in [-0.15, -0.1) is 0 Å². The van der Waals surface area contributed by atoms with Crippen LogP contribution < -0.4 is 0 Å². The number of carboxylic acids is 1. The summed E-state index contributed by atoms with van der Waals surface area (Å²) in [5, 5.41) is 12.7. The van der Waals surface area contributed by atoms with E-state index in [1.165, 1.54) is 16.2 Å². The van der Waals surface area contributed by atoms with Crippen LogP contribution in [0.3, 0.4) is 0 Å². The van der Waals surface area contributed by atoms with E-state index in [0.717, 1.165) is 5.56 Å². The van der Waals surface area contributed by atoms with E-state index in [2.05, 4.69) is 0 Å². The number of nitrogens with zero attached hydrogens (tertiary/aromatic N) is 1. The predicted molar refractivity (Wildman–Crippen MR) is 71.7 cm³/mol. The van der Waals surface area contributed by atoms with Crippen LogP contribution in [0.5, 0.6) is 0 Å². The minimum atomic E-state index is -0.974. The summed E-state index contributed by atoms with van der Waals surface area (Å²) < 4.78 is 0. The van der Waals surface area contributed by atoms with Crippen LogP contribution in [-0.4, -0.2) is 35.0 Å². The number of carboxylic acid groups (broad SMARTS) is 1. The molecule has 5 heteroatoms. The van der Waals surface area contributed by atoms with Crippen LogP contribution in [0.25, 0.3) is 0 Å². The van der Waals surface area contributed by atoms with Crippen molar-refractivity contribution in [1.82, 2.24) is 4.90 Å². The van der Waals surface area contributed by atoms with Gasteiger partial charge in [-0.3, -0.25) is 9.59 Å². The molecule has 1 N–H and O–H groups in total. The maximum absolute atomic E-state index is 12.1. The molecule has 4 nitrogen and oxygen atoms in total. The molecule has 1 rings (SSSR count). The first-order chi connectivity index (χ1) is 8.28. The van der Waals surface area contributed by atoms with Crippen molar-refractivity contribution in [2.75, 3.05) is 13.1 Å². The van der Waals surface area contributed by atoms with Gasteiger partial charge >= 0.3 is 5.97 Å². The number of aliphatic carboxylic acids is 1. The molecule has 18 heavy (non-hydrogen) atoms. The summed E-state index contributed by atoms with van der Waals surface area (Å²) in [7, 11) is 0. The molecular weight excluding hydrogens is 250 g/mol. The van der Waals surface area contributed by atoms with Crippen LogP contribution in [-0.2, 0) is 16.0 Å². The van der Waals surface area contributed by atoms with E-state index in [9.17, 15) is 9.59 Å². The third kappa shape index (κ3) is 5.31. The summed E-state index contributed by atoms with van der Waals surface area (Å²) >= 11 is 1.53. The molecule has 0 fully saturated rings. The van der Waals surface area contributed by atoms with E-state index in [0.29, 0.717) is 6.54 Å². The van der Waals surface area contributed by atoms with Crippen molar-refractivity contribution in [3.8, 4) is 0 Å². The van der Waals surface area contributed by atoms with Gasteiger partial charge in [0.1, 0.15) is 6.54 Å². The first-order valence-electron chi connectivity index (χ1n) is 5.78. The summed E-state index contributed by atoms with van der Waals surface area (Å²) in [6.45, 7) is 6.17. The molecule has 0 atom stereocenters. The molecule has 0 unspecified atom stereocenters. The lowest BCUT2D eigenvalue weighted by Crippen LogP contribution is -2.41. The molecule has 0 radical (unpaired) electrons. The summed E-state index contributed by atoms with van der Waals surface area (Å²) in [6, 6.07) is 1.89. The third-order valence-corrected chi connectivity index (χ3v) is 3.01. The van der Waals surface area contributed by atoms with E-state index in [-0.39, 0.29) is 24.3 Å². The van der Waals surface area contributed by atoms with Gasteiger partial charge in [0.05, 0.1) is 6.42 Å². The standard InChI is InChI=1S/C13H19NO3S/c1-13(2,3)9-14(7-12(16)17)11(15)6-10-4-5-18-8-10/h4-5,8H,6-7,9H2,1-3H3,(H,16,17). The highest BCUT2D eigenvalue weighted by molar-refractivity contribution is 7.07. The second-order valence-corrected chi connectivity index (χ2v) is 6.29. The molecule has 0 saturated heterocycles. The molecule has 0 aliphatic carbocycles. The smallest absolute Gasteiger partial charge is 0.323 e. The molecule has 0 aromatic carbocycles. The van der Waals surface area contributed by atoms with Crippen LogP contribution >= 0.6 is 11.3 Å². The van der Waals surface area contributed by atoms with Gasteiger partial charge in [0.15, 0.2) is 0 Å². The van der Waals surface area contributed by atoms with Crippen molar-refractivity contribution in [3.05, 3.63) is 22.4 Å². The third-order valence-electron chi connectivity index (χ3n) is 2.28. The molecule has 1 heterocycles. The Morgan fingerprint density at radius 1 is 1.39 bits per heavy atom. The highest BCUT2D eigenvalue weighted by atomic mass is 32.1. The molecule has 1 aromatic heterocycles. The Morgan fingerprint density at radius 3 is 2.50 bits per heavy atom. The molecule has 0 aliphatic heterocycles. The molecule has 0 bridgehead atoms. The molecule has 1 aromatic rings. The van der Waals surface area contributed by atoms with E-state index in [4.69, 9.17) is 5.11 Å². The van der Waals surface area contributed by atoms with Gasteiger partial charge in [-0.25, -0.2) is 0 Å². The Morgan fingerprint density at radius 2 is 2.06 bits per heavy atom. The van der Waals surface area contributed by atoms with Crippen molar-refractivity contribution >= 4 is 23.2 Å². The Labute approximate surface area is 111 Å². The lowest BCUT2D eigenvalue weighted by molar-refractivity contribution is -0.145. The van der Waals surface area contributed by atoms with Gasteiger partial charge in [0.25, 0.3) is 0 Å². The van der Waals surface area contributed by atoms with E-state index in [1.54, 1.807) is 0 Å². The summed E-state index contributed by atoms with van der Waals surface area (Å²) in [6.07, 6.45) is 0.271. The number of carbonyl (C=O) groups excluding carboxylic acids is 1. The van der Waals surface area contributed by atoms with Crippen LogP contribution in [0.1, 0.15) is 26.3 Å². The van der Waals surface area contributed by atoms with Gasteiger partial charge in [-0.1, -0.05) is 20.8 Å². The fourth-order valence-electron chi connectivity index (χ4n) is 1.65. The molecule has 1 amide bonds. The number of rotatable bonds is 5. The van der Waals surface area contributed by atoms with Gasteiger partial charge < -0.3 is 10.0 Å². The quantitative estimate of drug-likeness (QED) is 0.892. The van der Waals surface area contributed by atoms with Crippen LogP contribution in [0, 0.1) is 5.41 Å². The molecule has 0 spiro atoms. The molecule has 0 aliphatic rings. The average molecular weight is 269 g/mol. The SMILES string of the molecule is CC(C)(C)CN(CC(=O)O)C(=O)Cc1ccsc1. The highest BCUT2D eigenvalue weighted by Gasteiger charge is 2.23. The van der Waals surface area contributed by atoms with Crippen molar-refractivity contribution in [2.24, 2.45) is 5.41 Å². The van der Waals surface area contributed by atoms with Gasteiger partial charge in [-0.05, 0) is 27.8 Å². The van der Waals surface area contributed by atoms with Gasteiger partial charge in [0, 0.05) is 6.54 Å². The molecule has 100 valence electrons. The van der Waals surface area contributed by atoms with E-state index < -0.39 is 5.97 Å². The summed E-state index contributed by atoms with van der Waals surface area (Å²) in [5.41, 5.74) is 0.828. The maximum atomic E-state index is 12.1. The molecule has 0 saturated carbocycles. The number of thiophene rings is 1. The Bertz CT molecular complexity index is 406. The van der Waals surface area contributed by atoms with Crippen molar-refractivity contribution in [2.45, 2.75) is 27.2 Å². The van der Waals surface area contributed by atoms with Crippen molar-refractivity contribution in [1.29, 1.82) is 0 Å². The second kappa shape index (κ2) is 6.00. The monoisotopic (exact) mass is 269 g/mol. The van der Waals surface area contributed by atoms with Gasteiger partial charge in [-0.2, -0.15) is 11.3 Å². The predicted octanol–water partition coefficient (Wildman–Crippen LogP) is 2.25. The fraction of sp³-hybridized carbons (Fsp3) is 0.538. The van der Waals surface area contributed by atoms with E-state index >= 15 is 0 Å². The lowest BCUT2D eigenvalue weighted by Gasteiger charge is -2.28. The van der Waals surface area contributed by atoms with Crippen LogP contribution in [0.4, 0.5) is 0 Å². The number of hydrogen-bond donors (Lipinski definition) is 1. The first kappa shape index (κ1) is 14.7. The zero-order valence-corrected chi connectivity index (χ0v) is 11.8. The minimum absolute atomic E-state index is 0.111. The topological polar surface area (TPSA) is 57.6 Å². The maximum Gasteiger partial charge on any atom is 0.323 e. The fourth-order valence-corrected chi connectivity index (χ4v) is 2.32. The minimum Gasteiger partial charge on any atom is -0.480 e. The Hall–Kier alpha value is -1.36. The van der Waals surface area contributed by atoms with Crippen molar-refractivity contribution in [3.63, 3.8) is 0 Å². The second-order valence-electron chi connectivity index (χ2n) is 5.51. The van der Waals surface area contributed by atoms with Gasteiger partial charge in [0.2, 0.25) is 5.91 Å². The average Bonchev–Trinajstić information content (AvgIpc) is 2.66. The first-order valence-corrected chi connectivity index (χ1v) is 6.73. The Kier molecular flexibility index (Phi) is 4.90. The van der Waals surface area contributed by atoms with Crippen LogP contribution in [0.2, 0.25) is 0 Å².